The van der Waals surface area contributed by atoms with Gasteiger partial charge in [0.1, 0.15) is 5.69 Å². The van der Waals surface area contributed by atoms with Crippen molar-refractivity contribution >= 4 is 23.2 Å². The summed E-state index contributed by atoms with van der Waals surface area (Å²) in [7, 11) is 0. The summed E-state index contributed by atoms with van der Waals surface area (Å²) in [4.78, 5) is 27.0. The third kappa shape index (κ3) is 5.35. The molecule has 0 saturated heterocycles. The average molecular weight is 286 g/mol. The molecule has 1 aromatic rings. The van der Waals surface area contributed by atoms with Gasteiger partial charge in [0.15, 0.2) is 0 Å². The maximum Gasteiger partial charge on any atom is 0.367 e. The van der Waals surface area contributed by atoms with E-state index in [0.717, 1.165) is 11.3 Å². The molecular weight excluding hydrogens is 268 g/mol. The number of hydrogen-bond donors (Lipinski definition) is 1. The summed E-state index contributed by atoms with van der Waals surface area (Å²) < 4.78 is 10.1. The normalized spacial score (nSPS) is 10.5. The molecule has 0 aliphatic carbocycles. The number of esters is 1. The molecule has 0 saturated carbocycles. The van der Waals surface area contributed by atoms with Gasteiger partial charge in [-0.1, -0.05) is 0 Å². The van der Waals surface area contributed by atoms with Crippen LogP contribution in [0, 0.1) is 0 Å². The lowest BCUT2D eigenvalue weighted by molar-refractivity contribution is 0.0525. The van der Waals surface area contributed by atoms with Gasteiger partial charge in [-0.05, 0) is 20.8 Å². The Morgan fingerprint density at radius 3 is 2.84 bits per heavy atom. The molecule has 1 heterocycles. The van der Waals surface area contributed by atoms with Gasteiger partial charge in [-0.15, -0.1) is 11.3 Å². The van der Waals surface area contributed by atoms with Crippen LogP contribution in [-0.2, 0) is 9.47 Å². The molecule has 1 aromatic heterocycles. The van der Waals surface area contributed by atoms with Gasteiger partial charge in [0.25, 0.3) is 5.91 Å². The summed E-state index contributed by atoms with van der Waals surface area (Å²) in [5.74, 6) is -0.825. The van der Waals surface area contributed by atoms with Gasteiger partial charge in [0.05, 0.1) is 19.3 Å². The number of hydrogen-bond acceptors (Lipinski definition) is 6. The number of carbonyl (C=O) groups is 2. The summed E-state index contributed by atoms with van der Waals surface area (Å²) in [6, 6.07) is 0. The number of nitrogens with zero attached hydrogens (tertiary/aromatic N) is 1. The zero-order valence-corrected chi connectivity index (χ0v) is 12.1. The second-order valence-electron chi connectivity index (χ2n) is 3.93. The maximum absolute atomic E-state index is 11.7. The highest BCUT2D eigenvalue weighted by Gasteiger charge is 2.15. The van der Waals surface area contributed by atoms with E-state index in [0.29, 0.717) is 13.2 Å². The highest BCUT2D eigenvalue weighted by molar-refractivity contribution is 7.11. The molecule has 0 atom stereocenters. The number of thiazole rings is 1. The molecule has 1 rings (SSSR count). The highest BCUT2D eigenvalue weighted by atomic mass is 32.1. The van der Waals surface area contributed by atoms with E-state index < -0.39 is 5.97 Å². The van der Waals surface area contributed by atoms with E-state index in [-0.39, 0.29) is 29.3 Å². The van der Waals surface area contributed by atoms with Crippen molar-refractivity contribution in [2.75, 3.05) is 19.8 Å². The Labute approximate surface area is 116 Å². The molecule has 0 bridgehead atoms. The van der Waals surface area contributed by atoms with Gasteiger partial charge in [0, 0.05) is 11.9 Å². The Morgan fingerprint density at radius 1 is 1.47 bits per heavy atom. The summed E-state index contributed by atoms with van der Waals surface area (Å²) in [5, 5.41) is 4.38. The third-order valence-corrected chi connectivity index (χ3v) is 2.85. The Morgan fingerprint density at radius 2 is 2.21 bits per heavy atom. The van der Waals surface area contributed by atoms with Gasteiger partial charge in [-0.3, -0.25) is 4.79 Å². The second-order valence-corrected chi connectivity index (χ2v) is 4.79. The van der Waals surface area contributed by atoms with Gasteiger partial charge < -0.3 is 14.8 Å². The van der Waals surface area contributed by atoms with Gasteiger partial charge in [0.2, 0.25) is 5.01 Å². The van der Waals surface area contributed by atoms with Gasteiger partial charge in [-0.2, -0.15) is 0 Å². The number of rotatable bonds is 7. The van der Waals surface area contributed by atoms with E-state index in [1.807, 2.05) is 13.8 Å². The van der Waals surface area contributed by atoms with Crippen molar-refractivity contribution in [1.82, 2.24) is 10.3 Å². The molecule has 0 radical (unpaired) electrons. The first kappa shape index (κ1) is 15.6. The lowest BCUT2D eigenvalue weighted by Crippen LogP contribution is -2.28. The van der Waals surface area contributed by atoms with E-state index in [9.17, 15) is 9.59 Å². The van der Waals surface area contributed by atoms with E-state index >= 15 is 0 Å². The van der Waals surface area contributed by atoms with Crippen molar-refractivity contribution in [3.05, 3.63) is 16.1 Å². The third-order valence-electron chi connectivity index (χ3n) is 2.03. The molecule has 0 fully saturated rings. The molecule has 1 amide bonds. The molecule has 1 N–H and O–H groups in total. The minimum absolute atomic E-state index is 0.131. The molecule has 7 heteroatoms. The lowest BCUT2D eigenvalue weighted by atomic mass is 10.4. The molecule has 0 aromatic carbocycles. The van der Waals surface area contributed by atoms with Crippen LogP contribution in [0.25, 0.3) is 0 Å². The van der Waals surface area contributed by atoms with Crippen LogP contribution < -0.4 is 5.32 Å². The predicted molar refractivity (Wildman–Crippen MR) is 71.5 cm³/mol. The van der Waals surface area contributed by atoms with Crippen molar-refractivity contribution in [2.24, 2.45) is 0 Å². The quantitative estimate of drug-likeness (QED) is 0.606. The highest BCUT2D eigenvalue weighted by Crippen LogP contribution is 2.10. The Bertz CT molecular complexity index is 431. The maximum atomic E-state index is 11.7. The summed E-state index contributed by atoms with van der Waals surface area (Å²) >= 11 is 1.09. The van der Waals surface area contributed by atoms with Crippen molar-refractivity contribution in [2.45, 2.75) is 26.9 Å². The molecule has 0 unspecified atom stereocenters. The largest absolute Gasteiger partial charge is 0.461 e. The standard InChI is InChI=1S/C12H18N2O4S/c1-4-17-12(16)11-14-9(7-19-11)10(15)13-5-6-18-8(2)3/h7-8H,4-6H2,1-3H3,(H,13,15). The Hall–Kier alpha value is -1.47. The molecular formula is C12H18N2O4S. The van der Waals surface area contributed by atoms with Crippen molar-refractivity contribution in [1.29, 1.82) is 0 Å². The minimum atomic E-state index is -0.505. The van der Waals surface area contributed by atoms with Crippen LogP contribution >= 0.6 is 11.3 Å². The van der Waals surface area contributed by atoms with Gasteiger partial charge in [-0.25, -0.2) is 9.78 Å². The first-order valence-electron chi connectivity index (χ1n) is 6.07. The van der Waals surface area contributed by atoms with Crippen LogP contribution in [0.5, 0.6) is 0 Å². The Kier molecular flexibility index (Phi) is 6.44. The molecule has 19 heavy (non-hydrogen) atoms. The number of ether oxygens (including phenoxy) is 2. The molecule has 0 aliphatic rings. The van der Waals surface area contributed by atoms with E-state index in [4.69, 9.17) is 9.47 Å². The van der Waals surface area contributed by atoms with Crippen LogP contribution in [0.3, 0.4) is 0 Å². The first-order chi connectivity index (χ1) is 9.04. The van der Waals surface area contributed by atoms with E-state index in [1.165, 1.54) is 5.38 Å². The molecule has 106 valence electrons. The Balaban J connectivity index is 2.43. The van der Waals surface area contributed by atoms with Crippen molar-refractivity contribution in [3.63, 3.8) is 0 Å². The lowest BCUT2D eigenvalue weighted by Gasteiger charge is -2.07. The van der Waals surface area contributed by atoms with Crippen LogP contribution in [-0.4, -0.2) is 42.7 Å². The zero-order valence-electron chi connectivity index (χ0n) is 11.3. The number of amides is 1. The number of aromatic nitrogens is 1. The smallest absolute Gasteiger partial charge is 0.367 e. The topological polar surface area (TPSA) is 77.5 Å². The zero-order chi connectivity index (χ0) is 14.3. The molecule has 6 nitrogen and oxygen atoms in total. The minimum Gasteiger partial charge on any atom is -0.461 e. The fraction of sp³-hybridized carbons (Fsp3) is 0.583. The summed E-state index contributed by atoms with van der Waals surface area (Å²) in [6.45, 7) is 6.70. The predicted octanol–water partition coefficient (Wildman–Crippen LogP) is 1.47. The molecule has 0 spiro atoms. The van der Waals surface area contributed by atoms with Gasteiger partial charge >= 0.3 is 5.97 Å². The fourth-order valence-electron chi connectivity index (χ4n) is 1.21. The summed E-state index contributed by atoms with van der Waals surface area (Å²) in [5.41, 5.74) is 0.220. The second kappa shape index (κ2) is 7.85. The molecule has 0 aliphatic heterocycles. The summed E-state index contributed by atoms with van der Waals surface area (Å²) in [6.07, 6.45) is 0.131. The fourth-order valence-corrected chi connectivity index (χ4v) is 1.90. The van der Waals surface area contributed by atoms with Crippen LogP contribution in [0.2, 0.25) is 0 Å². The average Bonchev–Trinajstić information content (AvgIpc) is 2.84. The van der Waals surface area contributed by atoms with Crippen molar-refractivity contribution < 1.29 is 19.1 Å². The van der Waals surface area contributed by atoms with Crippen LogP contribution in [0.15, 0.2) is 5.38 Å². The SMILES string of the molecule is CCOC(=O)c1nc(C(=O)NCCOC(C)C)cs1. The number of nitrogens with one attached hydrogen (secondary N) is 1. The first-order valence-corrected chi connectivity index (χ1v) is 6.95. The number of carbonyl (C=O) groups excluding carboxylic acids is 2. The van der Waals surface area contributed by atoms with Crippen molar-refractivity contribution in [3.8, 4) is 0 Å². The van der Waals surface area contributed by atoms with Crippen LogP contribution in [0.1, 0.15) is 41.1 Å². The monoisotopic (exact) mass is 286 g/mol. The van der Waals surface area contributed by atoms with Crippen LogP contribution in [0.4, 0.5) is 0 Å². The van der Waals surface area contributed by atoms with E-state index in [1.54, 1.807) is 6.92 Å². The van der Waals surface area contributed by atoms with E-state index in [2.05, 4.69) is 10.3 Å².